The first kappa shape index (κ1) is 19.1. The monoisotopic (exact) mass is 469 g/mol. The number of aromatic nitrogens is 1. The summed E-state index contributed by atoms with van der Waals surface area (Å²) in [5.41, 5.74) is 2.83. The summed E-state index contributed by atoms with van der Waals surface area (Å²) in [6, 6.07) is 17.6. The molecule has 0 aliphatic carbocycles. The largest absolute Gasteiger partial charge is 0.444 e. The van der Waals surface area contributed by atoms with E-state index in [1.54, 1.807) is 4.90 Å². The predicted molar refractivity (Wildman–Crippen MR) is 115 cm³/mol. The molecule has 154 valence electrons. The van der Waals surface area contributed by atoms with Crippen LogP contribution in [0.2, 0.25) is 0 Å². The first-order valence-corrected chi connectivity index (χ1v) is 10.7. The Hall–Kier alpha value is -2.87. The zero-order valence-electron chi connectivity index (χ0n) is 16.1. The number of rotatable bonds is 4. The first-order valence-electron chi connectivity index (χ1n) is 9.92. The molecule has 3 heterocycles. The van der Waals surface area contributed by atoms with Crippen LogP contribution < -0.4 is 0 Å². The van der Waals surface area contributed by atoms with Crippen LogP contribution in [0.15, 0.2) is 59.1 Å². The van der Waals surface area contributed by atoms with Crippen molar-refractivity contribution in [1.82, 2.24) is 9.47 Å². The molecule has 5 rings (SSSR count). The smallest absolute Gasteiger partial charge is 0.411 e. The van der Waals surface area contributed by atoms with Crippen LogP contribution in [0, 0.1) is 16.0 Å². The number of likely N-dealkylation sites (tertiary alicyclic amines) is 1. The highest BCUT2D eigenvalue weighted by Gasteiger charge is 2.51. The Morgan fingerprint density at radius 3 is 2.77 bits per heavy atom. The Kier molecular flexibility index (Phi) is 4.73. The second-order valence-corrected chi connectivity index (χ2v) is 8.78. The van der Waals surface area contributed by atoms with Crippen LogP contribution in [-0.4, -0.2) is 33.6 Å². The van der Waals surface area contributed by atoms with Crippen molar-refractivity contribution in [1.29, 1.82) is 0 Å². The fourth-order valence-electron chi connectivity index (χ4n) is 4.95. The van der Waals surface area contributed by atoms with Crippen LogP contribution in [0.4, 0.5) is 4.79 Å². The maximum absolute atomic E-state index is 13.0. The number of fused-ring (bicyclic) bond motifs is 5. The average molecular weight is 470 g/mol. The molecule has 30 heavy (non-hydrogen) atoms. The first-order chi connectivity index (χ1) is 14.5. The van der Waals surface area contributed by atoms with Gasteiger partial charge in [0.05, 0.1) is 11.4 Å². The quantitative estimate of drug-likeness (QED) is 0.400. The van der Waals surface area contributed by atoms with E-state index in [4.69, 9.17) is 4.74 Å². The van der Waals surface area contributed by atoms with Gasteiger partial charge in [0.2, 0.25) is 6.54 Å². The number of amides is 1. The second kappa shape index (κ2) is 7.43. The molecule has 0 N–H and O–H groups in total. The Labute approximate surface area is 181 Å². The number of hydrogen-bond acceptors (Lipinski definition) is 4. The van der Waals surface area contributed by atoms with Crippen LogP contribution in [0.1, 0.15) is 29.8 Å². The molecule has 2 aliphatic rings. The lowest BCUT2D eigenvalue weighted by Gasteiger charge is -2.26. The number of nitro groups is 1. The SMILES string of the molecule is O=C(OCc1ccccc1)N1CC[C@@H]2[C@H](C[N+](=O)[O-])c3cc4ccc(Br)cc4n3[C@@H]21. The van der Waals surface area contributed by atoms with Gasteiger partial charge in [0.15, 0.2) is 0 Å². The normalized spacial score (nSPS) is 22.2. The molecule has 1 saturated heterocycles. The molecule has 0 saturated carbocycles. The van der Waals surface area contributed by atoms with E-state index in [1.165, 1.54) is 0 Å². The molecule has 0 radical (unpaired) electrons. The summed E-state index contributed by atoms with van der Waals surface area (Å²) >= 11 is 3.52. The standard InChI is InChI=1S/C22H20BrN3O4/c23-16-7-6-15-10-20-18(12-25(28)29)17-8-9-24(21(17)26(20)19(15)11-16)22(27)30-13-14-4-2-1-3-5-14/h1-7,10-11,17-18,21H,8-9,12-13H2/t17-,18+,21+/m1/s1. The number of hydrogen-bond donors (Lipinski definition) is 0. The number of carbonyl (C=O) groups excluding carboxylic acids is 1. The zero-order chi connectivity index (χ0) is 20.8. The van der Waals surface area contributed by atoms with Crippen molar-refractivity contribution >= 4 is 32.9 Å². The Morgan fingerprint density at radius 1 is 1.20 bits per heavy atom. The van der Waals surface area contributed by atoms with Gasteiger partial charge >= 0.3 is 6.09 Å². The molecule has 0 bridgehead atoms. The number of benzene rings is 2. The maximum Gasteiger partial charge on any atom is 0.411 e. The van der Waals surface area contributed by atoms with E-state index in [-0.39, 0.29) is 42.2 Å². The highest BCUT2D eigenvalue weighted by atomic mass is 79.9. The molecular formula is C22H20BrN3O4. The van der Waals surface area contributed by atoms with Crippen molar-refractivity contribution in [3.05, 3.63) is 80.4 Å². The van der Waals surface area contributed by atoms with E-state index in [1.807, 2.05) is 54.6 Å². The van der Waals surface area contributed by atoms with E-state index in [0.29, 0.717) is 6.54 Å². The molecular weight excluding hydrogens is 450 g/mol. The van der Waals surface area contributed by atoms with E-state index < -0.39 is 0 Å². The predicted octanol–water partition coefficient (Wildman–Crippen LogP) is 4.94. The summed E-state index contributed by atoms with van der Waals surface area (Å²) in [4.78, 5) is 25.8. The lowest BCUT2D eigenvalue weighted by atomic mass is 9.90. The zero-order valence-corrected chi connectivity index (χ0v) is 17.7. The molecule has 0 spiro atoms. The maximum atomic E-state index is 13.0. The topological polar surface area (TPSA) is 77.6 Å². The van der Waals surface area contributed by atoms with E-state index in [9.17, 15) is 14.9 Å². The third-order valence-corrected chi connectivity index (χ3v) is 6.68. The fraction of sp³-hybridized carbons (Fsp3) is 0.318. The third kappa shape index (κ3) is 3.15. The minimum Gasteiger partial charge on any atom is -0.444 e. The molecule has 3 atom stereocenters. The summed E-state index contributed by atoms with van der Waals surface area (Å²) in [6.45, 7) is 0.604. The van der Waals surface area contributed by atoms with Gasteiger partial charge in [0, 0.05) is 32.9 Å². The third-order valence-electron chi connectivity index (χ3n) is 6.19. The Balaban J connectivity index is 1.49. The van der Waals surface area contributed by atoms with Crippen LogP contribution in [0.5, 0.6) is 0 Å². The molecule has 2 aliphatic heterocycles. The van der Waals surface area contributed by atoms with Crippen molar-refractivity contribution in [3.63, 3.8) is 0 Å². The molecule has 1 amide bonds. The Bertz CT molecular complexity index is 1130. The van der Waals surface area contributed by atoms with Crippen LogP contribution in [0.3, 0.4) is 0 Å². The minimum atomic E-state index is -0.379. The molecule has 1 aromatic heterocycles. The number of nitrogens with zero attached hydrogens (tertiary/aromatic N) is 3. The highest BCUT2D eigenvalue weighted by molar-refractivity contribution is 9.10. The molecule has 1 fully saturated rings. The van der Waals surface area contributed by atoms with Gasteiger partial charge in [0.25, 0.3) is 0 Å². The van der Waals surface area contributed by atoms with Crippen molar-refractivity contribution in [2.24, 2.45) is 5.92 Å². The van der Waals surface area contributed by atoms with Gasteiger partial charge in [-0.1, -0.05) is 52.3 Å². The van der Waals surface area contributed by atoms with Crippen molar-refractivity contribution in [2.45, 2.75) is 25.1 Å². The van der Waals surface area contributed by atoms with Gasteiger partial charge in [-0.2, -0.15) is 0 Å². The van der Waals surface area contributed by atoms with E-state index >= 15 is 0 Å². The minimum absolute atomic E-state index is 0.0121. The van der Waals surface area contributed by atoms with Crippen molar-refractivity contribution in [2.75, 3.05) is 13.1 Å². The highest BCUT2D eigenvalue weighted by Crippen LogP contribution is 2.52. The van der Waals surface area contributed by atoms with Gasteiger partial charge in [-0.3, -0.25) is 15.0 Å². The van der Waals surface area contributed by atoms with E-state index in [2.05, 4.69) is 20.5 Å². The summed E-state index contributed by atoms with van der Waals surface area (Å²) in [7, 11) is 0. The van der Waals surface area contributed by atoms with E-state index in [0.717, 1.165) is 33.1 Å². The number of ether oxygens (including phenoxy) is 1. The molecule has 7 nitrogen and oxygen atoms in total. The van der Waals surface area contributed by atoms with Crippen LogP contribution in [0.25, 0.3) is 10.9 Å². The van der Waals surface area contributed by atoms with Gasteiger partial charge in [-0.05, 0) is 30.2 Å². The lowest BCUT2D eigenvalue weighted by Crippen LogP contribution is -2.34. The van der Waals surface area contributed by atoms with Crippen LogP contribution in [-0.2, 0) is 11.3 Å². The van der Waals surface area contributed by atoms with Gasteiger partial charge < -0.3 is 9.30 Å². The van der Waals surface area contributed by atoms with Gasteiger partial charge in [-0.15, -0.1) is 0 Å². The molecule has 2 aromatic carbocycles. The molecule has 0 unspecified atom stereocenters. The fourth-order valence-corrected chi connectivity index (χ4v) is 5.30. The summed E-state index contributed by atoms with van der Waals surface area (Å²) in [5, 5.41) is 12.4. The van der Waals surface area contributed by atoms with Crippen molar-refractivity contribution in [3.8, 4) is 0 Å². The number of carbonyl (C=O) groups is 1. The summed E-state index contributed by atoms with van der Waals surface area (Å²) in [6.07, 6.45) is 0.0803. The van der Waals surface area contributed by atoms with Gasteiger partial charge in [-0.25, -0.2) is 4.79 Å². The molecule has 3 aromatic rings. The van der Waals surface area contributed by atoms with Gasteiger partial charge in [0.1, 0.15) is 12.8 Å². The lowest BCUT2D eigenvalue weighted by molar-refractivity contribution is -0.484. The molecule has 8 heteroatoms. The van der Waals surface area contributed by atoms with Crippen molar-refractivity contribution < 1.29 is 14.5 Å². The summed E-state index contributed by atoms with van der Waals surface area (Å²) < 4.78 is 8.63. The average Bonchev–Trinajstić information content (AvgIpc) is 3.38. The summed E-state index contributed by atoms with van der Waals surface area (Å²) in [5.74, 6) is -0.207. The number of halogens is 1. The second-order valence-electron chi connectivity index (χ2n) is 7.86. The Morgan fingerprint density at radius 2 is 2.00 bits per heavy atom. The van der Waals surface area contributed by atoms with Crippen LogP contribution >= 0.6 is 15.9 Å².